The topological polar surface area (TPSA) is 132 Å². The lowest BCUT2D eigenvalue weighted by Crippen LogP contribution is -2.40. The highest BCUT2D eigenvalue weighted by molar-refractivity contribution is 5.90. The molecule has 2 aliphatic rings. The summed E-state index contributed by atoms with van der Waals surface area (Å²) < 4.78 is 4.93. The summed E-state index contributed by atoms with van der Waals surface area (Å²) in [5.41, 5.74) is 0.401. The van der Waals surface area contributed by atoms with E-state index in [1.165, 1.54) is 7.11 Å². The average Bonchev–Trinajstić information content (AvgIpc) is 3.22. The number of aromatic nitrogens is 1. The molecule has 0 bridgehead atoms. The number of methoxy groups -OCH3 is 1. The second-order valence-corrected chi connectivity index (χ2v) is 7.31. The van der Waals surface area contributed by atoms with E-state index in [2.05, 4.69) is 15.2 Å². The molecule has 10 nitrogen and oxygen atoms in total. The zero-order chi connectivity index (χ0) is 21.3. The van der Waals surface area contributed by atoms with Crippen LogP contribution in [0.3, 0.4) is 0 Å². The molecule has 0 spiro atoms. The van der Waals surface area contributed by atoms with Crippen molar-refractivity contribution in [1.82, 2.24) is 14.8 Å². The van der Waals surface area contributed by atoms with Crippen molar-refractivity contribution in [1.29, 1.82) is 0 Å². The van der Waals surface area contributed by atoms with E-state index in [1.807, 2.05) is 0 Å². The number of hydrogen-bond acceptors (Lipinski definition) is 7. The van der Waals surface area contributed by atoms with E-state index in [1.54, 1.807) is 29.4 Å². The standard InChI is InChI=1S/C18H26N4O4.CH2O2/c1-26-10-17(25)22-9-14-8-21(11-18(14,12-22)13-23)6-4-16(24)20-15-3-2-5-19-7-15;2-1-3/h2-3,5,7,14,23H,4,6,8-13H2,1H3,(H,20,24);1H,(H,2,3). The lowest BCUT2D eigenvalue weighted by Gasteiger charge is -2.27. The number of nitrogens with zero attached hydrogens (tertiary/aromatic N) is 3. The SMILES string of the molecule is COCC(=O)N1CC2CN(CCC(=O)Nc3cccnc3)CC2(CO)C1.O=CO. The summed E-state index contributed by atoms with van der Waals surface area (Å²) >= 11 is 0. The third-order valence-corrected chi connectivity index (χ3v) is 5.37. The second kappa shape index (κ2) is 10.8. The number of carbonyl (C=O) groups is 3. The number of aliphatic hydroxyl groups is 1. The number of anilines is 1. The van der Waals surface area contributed by atoms with Gasteiger partial charge in [-0.3, -0.25) is 19.4 Å². The van der Waals surface area contributed by atoms with E-state index in [0.717, 1.165) is 6.54 Å². The van der Waals surface area contributed by atoms with E-state index in [0.29, 0.717) is 38.3 Å². The third-order valence-electron chi connectivity index (χ3n) is 5.37. The van der Waals surface area contributed by atoms with Crippen molar-refractivity contribution in [3.05, 3.63) is 24.5 Å². The Labute approximate surface area is 169 Å². The summed E-state index contributed by atoms with van der Waals surface area (Å²) in [5.74, 6) is 0.150. The first-order valence-electron chi connectivity index (χ1n) is 9.35. The number of likely N-dealkylation sites (tertiary alicyclic amines) is 2. The van der Waals surface area contributed by atoms with Gasteiger partial charge in [0.2, 0.25) is 11.8 Å². The molecule has 2 amide bonds. The van der Waals surface area contributed by atoms with Gasteiger partial charge in [-0.05, 0) is 18.1 Å². The van der Waals surface area contributed by atoms with Gasteiger partial charge in [0.25, 0.3) is 6.47 Å². The Morgan fingerprint density at radius 1 is 1.41 bits per heavy atom. The number of rotatable bonds is 7. The molecule has 0 aromatic carbocycles. The lowest BCUT2D eigenvalue weighted by molar-refractivity contribution is -0.134. The van der Waals surface area contributed by atoms with Crippen molar-refractivity contribution in [2.45, 2.75) is 6.42 Å². The van der Waals surface area contributed by atoms with Crippen molar-refractivity contribution >= 4 is 24.0 Å². The van der Waals surface area contributed by atoms with Crippen molar-refractivity contribution in [2.24, 2.45) is 11.3 Å². The van der Waals surface area contributed by atoms with Crippen LogP contribution in [0.1, 0.15) is 6.42 Å². The van der Waals surface area contributed by atoms with Gasteiger partial charge in [-0.15, -0.1) is 0 Å². The van der Waals surface area contributed by atoms with Gasteiger partial charge in [-0.1, -0.05) is 0 Å². The molecule has 3 rings (SSSR count). The molecule has 3 heterocycles. The van der Waals surface area contributed by atoms with Gasteiger partial charge in [0.1, 0.15) is 6.61 Å². The van der Waals surface area contributed by atoms with Gasteiger partial charge < -0.3 is 30.1 Å². The van der Waals surface area contributed by atoms with Crippen LogP contribution in [-0.4, -0.2) is 96.3 Å². The highest BCUT2D eigenvalue weighted by Gasteiger charge is 2.52. The van der Waals surface area contributed by atoms with Crippen molar-refractivity contribution in [2.75, 3.05) is 58.4 Å². The van der Waals surface area contributed by atoms with Gasteiger partial charge in [-0.2, -0.15) is 0 Å². The zero-order valence-electron chi connectivity index (χ0n) is 16.5. The molecule has 2 unspecified atom stereocenters. The summed E-state index contributed by atoms with van der Waals surface area (Å²) in [6.07, 6.45) is 3.66. The number of aliphatic hydroxyl groups excluding tert-OH is 1. The Kier molecular flexibility index (Phi) is 8.50. The van der Waals surface area contributed by atoms with Crippen LogP contribution in [0, 0.1) is 11.3 Å². The molecular weight excluding hydrogens is 380 g/mol. The van der Waals surface area contributed by atoms with E-state index in [-0.39, 0.29) is 42.8 Å². The fourth-order valence-electron chi connectivity index (χ4n) is 4.01. The number of hydrogen-bond donors (Lipinski definition) is 3. The number of ether oxygens (including phenoxy) is 1. The minimum Gasteiger partial charge on any atom is -0.483 e. The minimum atomic E-state index is -0.288. The largest absolute Gasteiger partial charge is 0.483 e. The van der Waals surface area contributed by atoms with Crippen molar-refractivity contribution in [3.63, 3.8) is 0 Å². The molecule has 160 valence electrons. The second-order valence-electron chi connectivity index (χ2n) is 7.31. The van der Waals surface area contributed by atoms with Crippen LogP contribution in [0.2, 0.25) is 0 Å². The van der Waals surface area contributed by atoms with Gasteiger partial charge in [-0.25, -0.2) is 0 Å². The number of amides is 2. The number of nitrogens with one attached hydrogen (secondary N) is 1. The molecule has 2 saturated heterocycles. The van der Waals surface area contributed by atoms with Crippen LogP contribution >= 0.6 is 0 Å². The van der Waals surface area contributed by atoms with Gasteiger partial charge in [0.15, 0.2) is 0 Å². The van der Waals surface area contributed by atoms with Crippen LogP contribution in [0.25, 0.3) is 0 Å². The number of carboxylic acid groups (broad SMARTS) is 1. The molecule has 3 N–H and O–H groups in total. The molecular formula is C19H28N4O6. The van der Waals surface area contributed by atoms with Crippen LogP contribution < -0.4 is 5.32 Å². The minimum absolute atomic E-state index is 0.0304. The molecule has 1 aromatic rings. The smallest absolute Gasteiger partial charge is 0.290 e. The Balaban J connectivity index is 0.000000941. The van der Waals surface area contributed by atoms with Crippen molar-refractivity contribution < 1.29 is 29.3 Å². The summed E-state index contributed by atoms with van der Waals surface area (Å²) in [6.45, 7) is 3.19. The number of carbonyl (C=O) groups excluding carboxylic acids is 2. The van der Waals surface area contributed by atoms with E-state index in [9.17, 15) is 14.7 Å². The normalized spacial score (nSPS) is 23.1. The van der Waals surface area contributed by atoms with Gasteiger partial charge in [0, 0.05) is 57.9 Å². The number of fused-ring (bicyclic) bond motifs is 1. The zero-order valence-corrected chi connectivity index (χ0v) is 16.5. The Hall–Kier alpha value is -2.56. The molecule has 0 aliphatic carbocycles. The molecule has 2 aliphatic heterocycles. The van der Waals surface area contributed by atoms with Gasteiger partial charge in [0.05, 0.1) is 18.5 Å². The maximum absolute atomic E-state index is 12.1. The van der Waals surface area contributed by atoms with Crippen LogP contribution in [-0.2, 0) is 19.1 Å². The van der Waals surface area contributed by atoms with Crippen molar-refractivity contribution in [3.8, 4) is 0 Å². The summed E-state index contributed by atoms with van der Waals surface area (Å²) in [4.78, 5) is 40.5. The highest BCUT2D eigenvalue weighted by atomic mass is 16.5. The Bertz CT molecular complexity index is 689. The Morgan fingerprint density at radius 3 is 2.76 bits per heavy atom. The number of pyridine rings is 1. The molecule has 1 aromatic heterocycles. The Morgan fingerprint density at radius 2 is 2.17 bits per heavy atom. The van der Waals surface area contributed by atoms with E-state index >= 15 is 0 Å². The van der Waals surface area contributed by atoms with Crippen LogP contribution in [0.5, 0.6) is 0 Å². The molecule has 0 radical (unpaired) electrons. The fourth-order valence-corrected chi connectivity index (χ4v) is 4.01. The van der Waals surface area contributed by atoms with E-state index in [4.69, 9.17) is 14.6 Å². The summed E-state index contributed by atoms with van der Waals surface area (Å²) in [6, 6.07) is 3.58. The monoisotopic (exact) mass is 408 g/mol. The molecule has 29 heavy (non-hydrogen) atoms. The first-order chi connectivity index (χ1) is 14.0. The first-order valence-corrected chi connectivity index (χ1v) is 9.35. The maximum Gasteiger partial charge on any atom is 0.290 e. The van der Waals surface area contributed by atoms with E-state index < -0.39 is 0 Å². The van der Waals surface area contributed by atoms with Crippen LogP contribution in [0.15, 0.2) is 24.5 Å². The highest BCUT2D eigenvalue weighted by Crippen LogP contribution is 2.42. The lowest BCUT2D eigenvalue weighted by atomic mass is 9.82. The third kappa shape index (κ3) is 5.96. The van der Waals surface area contributed by atoms with Crippen LogP contribution in [0.4, 0.5) is 5.69 Å². The molecule has 2 atom stereocenters. The first kappa shape index (κ1) is 22.7. The molecule has 0 saturated carbocycles. The quantitative estimate of drug-likeness (QED) is 0.515. The fraction of sp³-hybridized carbons (Fsp3) is 0.579. The van der Waals surface area contributed by atoms with Gasteiger partial charge >= 0.3 is 0 Å². The molecule has 2 fully saturated rings. The summed E-state index contributed by atoms with van der Waals surface area (Å²) in [7, 11) is 1.51. The summed E-state index contributed by atoms with van der Waals surface area (Å²) in [5, 5.41) is 19.7. The predicted octanol–water partition coefficient (Wildman–Crippen LogP) is -0.490. The average molecular weight is 408 g/mol. The maximum atomic E-state index is 12.1. The molecule has 10 heteroatoms. The predicted molar refractivity (Wildman–Crippen MR) is 104 cm³/mol.